The summed E-state index contributed by atoms with van der Waals surface area (Å²) in [6.07, 6.45) is 3.95. The molecule has 5 rings (SSSR count). The Kier molecular flexibility index (Phi) is 5.46. The number of fused-ring (bicyclic) bond motifs is 1. The zero-order chi connectivity index (χ0) is 23.1. The summed E-state index contributed by atoms with van der Waals surface area (Å²) in [5.41, 5.74) is 6.49. The van der Waals surface area contributed by atoms with E-state index in [0.29, 0.717) is 18.7 Å². The van der Waals surface area contributed by atoms with Crippen LogP contribution < -0.4 is 0 Å². The zero-order valence-corrected chi connectivity index (χ0v) is 19.6. The molecular formula is C25H29N7O. The summed E-state index contributed by atoms with van der Waals surface area (Å²) in [7, 11) is 3.87. The van der Waals surface area contributed by atoms with Gasteiger partial charge in [-0.25, -0.2) is 4.98 Å². The Labute approximate surface area is 193 Å². The highest BCUT2D eigenvalue weighted by atomic mass is 16.2. The molecule has 8 nitrogen and oxygen atoms in total. The van der Waals surface area contributed by atoms with E-state index in [1.54, 1.807) is 0 Å². The first-order valence-electron chi connectivity index (χ1n) is 11.3. The van der Waals surface area contributed by atoms with E-state index in [-0.39, 0.29) is 5.91 Å². The van der Waals surface area contributed by atoms with E-state index in [9.17, 15) is 4.79 Å². The number of hydrogen-bond acceptors (Lipinski definition) is 5. The Balaban J connectivity index is 1.42. The summed E-state index contributed by atoms with van der Waals surface area (Å²) in [6.45, 7) is 7.98. The first kappa shape index (κ1) is 21.3. The zero-order valence-electron chi connectivity index (χ0n) is 19.6. The summed E-state index contributed by atoms with van der Waals surface area (Å²) in [6, 6.07) is 9.84. The Morgan fingerprint density at radius 2 is 1.82 bits per heavy atom. The third-order valence-electron chi connectivity index (χ3n) is 6.54. The maximum atomic E-state index is 13.7. The third kappa shape index (κ3) is 4.02. The lowest BCUT2D eigenvalue weighted by molar-refractivity contribution is 0.0630. The third-order valence-corrected chi connectivity index (χ3v) is 6.54. The van der Waals surface area contributed by atoms with E-state index in [0.717, 1.165) is 53.2 Å². The molecule has 0 saturated carbocycles. The second-order valence-corrected chi connectivity index (χ2v) is 8.83. The molecule has 0 aliphatic carbocycles. The van der Waals surface area contributed by atoms with Gasteiger partial charge in [-0.15, -0.1) is 0 Å². The van der Waals surface area contributed by atoms with Gasteiger partial charge in [-0.05, 0) is 26.0 Å². The molecule has 33 heavy (non-hydrogen) atoms. The van der Waals surface area contributed by atoms with Crippen molar-refractivity contribution in [1.29, 1.82) is 0 Å². The minimum atomic E-state index is 0.0649. The average Bonchev–Trinajstić information content (AvgIpc) is 3.33. The molecule has 0 N–H and O–H groups in total. The van der Waals surface area contributed by atoms with Crippen molar-refractivity contribution >= 4 is 16.8 Å². The van der Waals surface area contributed by atoms with Crippen LogP contribution in [0.15, 0.2) is 42.7 Å². The topological polar surface area (TPSA) is 72.1 Å². The Hall–Kier alpha value is -3.52. The van der Waals surface area contributed by atoms with Crippen LogP contribution in [0.25, 0.3) is 22.2 Å². The molecule has 3 aromatic heterocycles. The lowest BCUT2D eigenvalue weighted by atomic mass is 10.0. The highest BCUT2D eigenvalue weighted by Gasteiger charge is 2.25. The van der Waals surface area contributed by atoms with Crippen molar-refractivity contribution in [3.05, 3.63) is 65.2 Å². The normalized spacial score (nSPS) is 14.8. The predicted octanol–water partition coefficient (Wildman–Crippen LogP) is 2.94. The van der Waals surface area contributed by atoms with Crippen LogP contribution in [0.5, 0.6) is 0 Å². The molecule has 0 atom stereocenters. The van der Waals surface area contributed by atoms with Gasteiger partial charge in [0.15, 0.2) is 0 Å². The van der Waals surface area contributed by atoms with Crippen LogP contribution in [0, 0.1) is 13.8 Å². The first-order valence-corrected chi connectivity index (χ1v) is 11.3. The maximum absolute atomic E-state index is 13.7. The monoisotopic (exact) mass is 443 g/mol. The summed E-state index contributed by atoms with van der Waals surface area (Å²) in [5.74, 6) is 0.0649. The molecule has 1 saturated heterocycles. The fourth-order valence-electron chi connectivity index (χ4n) is 4.72. The first-order chi connectivity index (χ1) is 15.9. The van der Waals surface area contributed by atoms with Gasteiger partial charge in [-0.2, -0.15) is 10.2 Å². The number of hydrogen-bond donors (Lipinski definition) is 0. The van der Waals surface area contributed by atoms with Gasteiger partial charge in [0.1, 0.15) is 0 Å². The molecule has 0 bridgehead atoms. The van der Waals surface area contributed by atoms with Crippen LogP contribution in [0.1, 0.15) is 27.3 Å². The molecule has 0 spiro atoms. The molecule has 4 heterocycles. The fraction of sp³-hybridized carbons (Fsp3) is 0.360. The van der Waals surface area contributed by atoms with Crippen molar-refractivity contribution < 1.29 is 4.79 Å². The second kappa shape index (κ2) is 8.44. The molecule has 1 aromatic carbocycles. The number of nitrogens with zero attached hydrogens (tertiary/aromatic N) is 7. The number of aromatic nitrogens is 5. The summed E-state index contributed by atoms with van der Waals surface area (Å²) < 4.78 is 3.69. The Morgan fingerprint density at radius 3 is 2.48 bits per heavy atom. The molecule has 1 fully saturated rings. The van der Waals surface area contributed by atoms with Gasteiger partial charge < -0.3 is 4.90 Å². The van der Waals surface area contributed by atoms with E-state index in [4.69, 9.17) is 4.98 Å². The molecular weight excluding hydrogens is 414 g/mol. The number of carbonyl (C=O) groups excluding carboxylic acids is 1. The van der Waals surface area contributed by atoms with Gasteiger partial charge in [0.25, 0.3) is 5.91 Å². The summed E-state index contributed by atoms with van der Waals surface area (Å²) in [5, 5.41) is 9.69. The number of benzene rings is 1. The van der Waals surface area contributed by atoms with Crippen molar-refractivity contribution in [2.75, 3.05) is 26.2 Å². The number of carbonyl (C=O) groups is 1. The van der Waals surface area contributed by atoms with Crippen molar-refractivity contribution in [2.24, 2.45) is 14.1 Å². The summed E-state index contributed by atoms with van der Waals surface area (Å²) in [4.78, 5) is 22.9. The minimum absolute atomic E-state index is 0.0649. The van der Waals surface area contributed by atoms with Crippen LogP contribution in [0.2, 0.25) is 0 Å². The Morgan fingerprint density at radius 1 is 1.06 bits per heavy atom. The standard InChI is InChI=1S/C25H29N7O/c1-17-24(18(2)30(4)28-17)23-13-21(20-7-5-6-8-22(20)27-23)25(33)32-11-9-31(10-12-32)16-19-14-26-29(3)15-19/h5-8,13-15H,9-12,16H2,1-4H3. The quantitative estimate of drug-likeness (QED) is 0.485. The van der Waals surface area contributed by atoms with Crippen LogP contribution in [0.4, 0.5) is 0 Å². The smallest absolute Gasteiger partial charge is 0.254 e. The molecule has 170 valence electrons. The molecule has 0 radical (unpaired) electrons. The summed E-state index contributed by atoms with van der Waals surface area (Å²) >= 11 is 0. The van der Waals surface area contributed by atoms with Crippen molar-refractivity contribution in [2.45, 2.75) is 20.4 Å². The minimum Gasteiger partial charge on any atom is -0.336 e. The second-order valence-electron chi connectivity index (χ2n) is 8.83. The SMILES string of the molecule is Cc1nn(C)c(C)c1-c1cc(C(=O)N2CCN(Cc3cnn(C)c3)CC2)c2ccccc2n1. The maximum Gasteiger partial charge on any atom is 0.254 e. The van der Waals surface area contributed by atoms with E-state index in [1.807, 2.05) is 84.9 Å². The van der Waals surface area contributed by atoms with Crippen molar-refractivity contribution in [1.82, 2.24) is 34.3 Å². The van der Waals surface area contributed by atoms with E-state index < -0.39 is 0 Å². The van der Waals surface area contributed by atoms with E-state index >= 15 is 0 Å². The molecule has 8 heteroatoms. The molecule has 1 aliphatic rings. The molecule has 1 aliphatic heterocycles. The van der Waals surface area contributed by atoms with Gasteiger partial charge >= 0.3 is 0 Å². The van der Waals surface area contributed by atoms with Crippen molar-refractivity contribution in [3.8, 4) is 11.3 Å². The van der Waals surface area contributed by atoms with Crippen LogP contribution in [-0.4, -0.2) is 66.4 Å². The molecule has 0 unspecified atom stereocenters. The van der Waals surface area contributed by atoms with Crippen molar-refractivity contribution in [3.63, 3.8) is 0 Å². The predicted molar refractivity (Wildman–Crippen MR) is 128 cm³/mol. The van der Waals surface area contributed by atoms with Crippen LogP contribution in [-0.2, 0) is 20.6 Å². The number of aryl methyl sites for hydroxylation is 3. The Bertz CT molecular complexity index is 1330. The van der Waals surface area contributed by atoms with E-state index in [2.05, 4.69) is 15.1 Å². The number of pyridine rings is 1. The van der Waals surface area contributed by atoms with Gasteiger partial charge in [0.05, 0.1) is 28.7 Å². The highest BCUT2D eigenvalue weighted by Crippen LogP contribution is 2.30. The molecule has 4 aromatic rings. The lowest BCUT2D eigenvalue weighted by Gasteiger charge is -2.34. The molecule has 1 amide bonds. The largest absolute Gasteiger partial charge is 0.336 e. The number of piperazine rings is 1. The highest BCUT2D eigenvalue weighted by molar-refractivity contribution is 6.07. The van der Waals surface area contributed by atoms with E-state index in [1.165, 1.54) is 5.56 Å². The average molecular weight is 444 g/mol. The van der Waals surface area contributed by atoms with Crippen LogP contribution >= 0.6 is 0 Å². The number of para-hydroxylation sites is 1. The van der Waals surface area contributed by atoms with Gasteiger partial charge in [0.2, 0.25) is 0 Å². The number of amides is 1. The number of rotatable bonds is 4. The van der Waals surface area contributed by atoms with Crippen LogP contribution in [0.3, 0.4) is 0 Å². The van der Waals surface area contributed by atoms with Gasteiger partial charge in [0, 0.05) is 75.2 Å². The fourth-order valence-corrected chi connectivity index (χ4v) is 4.72. The lowest BCUT2D eigenvalue weighted by Crippen LogP contribution is -2.48. The van der Waals surface area contributed by atoms with Gasteiger partial charge in [-0.3, -0.25) is 19.1 Å². The van der Waals surface area contributed by atoms with Gasteiger partial charge in [-0.1, -0.05) is 18.2 Å².